The zero-order valence-corrected chi connectivity index (χ0v) is 10.4. The highest BCUT2D eigenvalue weighted by Crippen LogP contribution is 2.51. The van der Waals surface area contributed by atoms with Crippen LogP contribution in [0.2, 0.25) is 0 Å². The van der Waals surface area contributed by atoms with Crippen molar-refractivity contribution < 1.29 is 4.79 Å². The normalized spacial score (nSPS) is 14.5. The molecular formula is C12H24O. The van der Waals surface area contributed by atoms with Gasteiger partial charge in [0, 0.05) is 5.41 Å². The molecule has 0 saturated carbocycles. The molecule has 1 nitrogen and oxygen atoms in total. The highest BCUT2D eigenvalue weighted by molar-refractivity contribution is 5.83. The van der Waals surface area contributed by atoms with Crippen molar-refractivity contribution in [2.45, 2.75) is 55.4 Å². The Morgan fingerprint density at radius 1 is 0.769 bits per heavy atom. The smallest absolute Gasteiger partial charge is 0.136 e. The summed E-state index contributed by atoms with van der Waals surface area (Å²) in [4.78, 5) is 11.8. The van der Waals surface area contributed by atoms with Crippen molar-refractivity contribution in [2.75, 3.05) is 0 Å². The summed E-state index contributed by atoms with van der Waals surface area (Å²) in [5.41, 5.74) is -0.242. The minimum absolute atomic E-state index is 0.0110. The SMILES string of the molecule is CC(=O)C(C)(C(C)(C)C)C(C)(C)C. The maximum atomic E-state index is 11.8. The van der Waals surface area contributed by atoms with Crippen molar-refractivity contribution >= 4 is 5.78 Å². The second-order valence-electron chi connectivity index (χ2n) is 6.18. The Morgan fingerprint density at radius 3 is 1.00 bits per heavy atom. The Balaban J connectivity index is 5.35. The van der Waals surface area contributed by atoms with Crippen LogP contribution >= 0.6 is 0 Å². The lowest BCUT2D eigenvalue weighted by molar-refractivity contribution is -0.141. The van der Waals surface area contributed by atoms with E-state index in [0.29, 0.717) is 0 Å². The summed E-state index contributed by atoms with van der Waals surface area (Å²) in [6.07, 6.45) is 0. The van der Waals surface area contributed by atoms with E-state index in [1.165, 1.54) is 0 Å². The molecule has 0 rings (SSSR count). The summed E-state index contributed by atoms with van der Waals surface area (Å²) in [7, 11) is 0. The van der Waals surface area contributed by atoms with Crippen LogP contribution in [0, 0.1) is 16.2 Å². The topological polar surface area (TPSA) is 17.1 Å². The predicted octanol–water partition coefficient (Wildman–Crippen LogP) is 3.67. The first-order valence-corrected chi connectivity index (χ1v) is 4.95. The highest BCUT2D eigenvalue weighted by Gasteiger charge is 2.50. The van der Waals surface area contributed by atoms with Gasteiger partial charge >= 0.3 is 0 Å². The van der Waals surface area contributed by atoms with E-state index in [4.69, 9.17) is 0 Å². The largest absolute Gasteiger partial charge is 0.299 e. The van der Waals surface area contributed by atoms with Gasteiger partial charge < -0.3 is 0 Å². The first-order valence-electron chi connectivity index (χ1n) is 4.95. The molecule has 0 amide bonds. The molecule has 78 valence electrons. The van der Waals surface area contributed by atoms with Crippen molar-refractivity contribution in [3.8, 4) is 0 Å². The lowest BCUT2D eigenvalue weighted by atomic mass is 9.53. The van der Waals surface area contributed by atoms with Crippen molar-refractivity contribution in [1.29, 1.82) is 0 Å². The number of carbonyl (C=O) groups excluding carboxylic acids is 1. The van der Waals surface area contributed by atoms with Crippen molar-refractivity contribution in [1.82, 2.24) is 0 Å². The molecule has 0 fully saturated rings. The van der Waals surface area contributed by atoms with E-state index in [1.807, 2.05) is 0 Å². The number of hydrogen-bond acceptors (Lipinski definition) is 1. The van der Waals surface area contributed by atoms with Crippen LogP contribution in [0.5, 0.6) is 0 Å². The summed E-state index contributed by atoms with van der Waals surface area (Å²) < 4.78 is 0. The fourth-order valence-corrected chi connectivity index (χ4v) is 2.18. The van der Waals surface area contributed by atoms with E-state index in [0.717, 1.165) is 0 Å². The zero-order valence-electron chi connectivity index (χ0n) is 10.4. The molecule has 0 aromatic carbocycles. The number of hydrogen-bond donors (Lipinski definition) is 0. The van der Waals surface area contributed by atoms with Gasteiger partial charge in [-0.15, -0.1) is 0 Å². The molecule has 0 atom stereocenters. The summed E-state index contributed by atoms with van der Waals surface area (Å²) in [6.45, 7) is 16.6. The summed E-state index contributed by atoms with van der Waals surface area (Å²) >= 11 is 0. The Hall–Kier alpha value is -0.330. The first-order chi connectivity index (χ1) is 5.44. The van der Waals surface area contributed by atoms with E-state index < -0.39 is 0 Å². The molecule has 1 heteroatoms. The van der Waals surface area contributed by atoms with Gasteiger partial charge in [-0.1, -0.05) is 48.5 Å². The molecule has 0 aromatic heterocycles. The van der Waals surface area contributed by atoms with Crippen molar-refractivity contribution in [3.63, 3.8) is 0 Å². The lowest BCUT2D eigenvalue weighted by Crippen LogP contribution is -2.48. The van der Waals surface area contributed by atoms with Crippen LogP contribution in [0.3, 0.4) is 0 Å². The van der Waals surface area contributed by atoms with Crippen LogP contribution < -0.4 is 0 Å². The lowest BCUT2D eigenvalue weighted by Gasteiger charge is -2.49. The summed E-state index contributed by atoms with van der Waals surface area (Å²) in [5.74, 6) is 0.285. The van der Waals surface area contributed by atoms with Crippen LogP contribution in [0.4, 0.5) is 0 Å². The molecule has 0 aromatic rings. The van der Waals surface area contributed by atoms with Gasteiger partial charge in [-0.25, -0.2) is 0 Å². The van der Waals surface area contributed by atoms with Crippen LogP contribution in [-0.4, -0.2) is 5.78 Å². The molecule has 13 heavy (non-hydrogen) atoms. The minimum Gasteiger partial charge on any atom is -0.299 e. The summed E-state index contributed by atoms with van der Waals surface area (Å²) in [6, 6.07) is 0. The second-order valence-corrected chi connectivity index (χ2v) is 6.18. The number of rotatable bonds is 1. The van der Waals surface area contributed by atoms with Crippen molar-refractivity contribution in [2.24, 2.45) is 16.2 Å². The third kappa shape index (κ3) is 1.95. The van der Waals surface area contributed by atoms with Gasteiger partial charge in [-0.2, -0.15) is 0 Å². The van der Waals surface area contributed by atoms with E-state index in [2.05, 4.69) is 48.5 Å². The fourth-order valence-electron chi connectivity index (χ4n) is 2.18. The third-order valence-electron chi connectivity index (χ3n) is 3.70. The molecule has 0 saturated heterocycles. The van der Waals surface area contributed by atoms with Crippen LogP contribution in [0.25, 0.3) is 0 Å². The van der Waals surface area contributed by atoms with Crippen LogP contribution in [0.15, 0.2) is 0 Å². The molecule has 0 aliphatic rings. The second kappa shape index (κ2) is 3.11. The Morgan fingerprint density at radius 2 is 1.00 bits per heavy atom. The molecule has 0 unspecified atom stereocenters. The molecule has 0 heterocycles. The predicted molar refractivity (Wildman–Crippen MR) is 57.7 cm³/mol. The van der Waals surface area contributed by atoms with Gasteiger partial charge in [0.1, 0.15) is 5.78 Å². The Bertz CT molecular complexity index is 186. The first kappa shape index (κ1) is 12.7. The average molecular weight is 184 g/mol. The van der Waals surface area contributed by atoms with E-state index >= 15 is 0 Å². The van der Waals surface area contributed by atoms with E-state index in [9.17, 15) is 4.79 Å². The van der Waals surface area contributed by atoms with Gasteiger partial charge in [0.25, 0.3) is 0 Å². The minimum atomic E-state index is -0.264. The quantitative estimate of drug-likeness (QED) is 0.607. The van der Waals surface area contributed by atoms with Crippen molar-refractivity contribution in [3.05, 3.63) is 0 Å². The maximum Gasteiger partial charge on any atom is 0.136 e. The maximum absolute atomic E-state index is 11.8. The standard InChI is InChI=1S/C12H24O/c1-9(13)12(8,10(2,3)4)11(5,6)7/h1-8H3. The van der Waals surface area contributed by atoms with Gasteiger partial charge in [0.2, 0.25) is 0 Å². The molecule has 0 N–H and O–H groups in total. The zero-order chi connectivity index (χ0) is 11.1. The fraction of sp³-hybridized carbons (Fsp3) is 0.917. The molecule has 0 radical (unpaired) electrons. The van der Waals surface area contributed by atoms with E-state index in [-0.39, 0.29) is 22.0 Å². The van der Waals surface area contributed by atoms with Crippen LogP contribution in [-0.2, 0) is 4.79 Å². The van der Waals surface area contributed by atoms with Gasteiger partial charge in [-0.05, 0) is 17.8 Å². The molecule has 0 aliphatic heterocycles. The van der Waals surface area contributed by atoms with E-state index in [1.54, 1.807) is 6.92 Å². The number of Topliss-reactive ketones (excluding diaryl/α,β-unsaturated/α-hetero) is 1. The molecule has 0 bridgehead atoms. The van der Waals surface area contributed by atoms with Gasteiger partial charge in [0.05, 0.1) is 0 Å². The highest BCUT2D eigenvalue weighted by atomic mass is 16.1. The van der Waals surface area contributed by atoms with Crippen LogP contribution in [0.1, 0.15) is 55.4 Å². The van der Waals surface area contributed by atoms with Gasteiger partial charge in [0.15, 0.2) is 0 Å². The molecular weight excluding hydrogens is 160 g/mol. The Labute approximate surface area is 82.9 Å². The molecule has 0 spiro atoms. The molecule has 0 aliphatic carbocycles. The third-order valence-corrected chi connectivity index (χ3v) is 3.70. The van der Waals surface area contributed by atoms with Gasteiger partial charge in [-0.3, -0.25) is 4.79 Å². The Kier molecular flexibility index (Phi) is 3.03. The monoisotopic (exact) mass is 184 g/mol. The number of ketones is 1. The average Bonchev–Trinajstić information content (AvgIpc) is 1.80. The number of carbonyl (C=O) groups is 1. The summed E-state index contributed by atoms with van der Waals surface area (Å²) in [5, 5.41) is 0.